The highest BCUT2D eigenvalue weighted by Crippen LogP contribution is 2.40. The molecular weight excluding hydrogens is 257 g/mol. The average Bonchev–Trinajstić information content (AvgIpc) is 2.38. The van der Waals surface area contributed by atoms with Gasteiger partial charge in [-0.1, -0.05) is 25.0 Å². The normalized spacial score (nSPS) is 28.4. The van der Waals surface area contributed by atoms with Crippen LogP contribution in [-0.2, 0) is 16.5 Å². The van der Waals surface area contributed by atoms with Crippen LogP contribution in [0.25, 0.3) is 0 Å². The summed E-state index contributed by atoms with van der Waals surface area (Å²) < 4.78 is 43.4. The van der Waals surface area contributed by atoms with Crippen molar-refractivity contribution < 1.29 is 23.0 Å². The highest BCUT2D eigenvalue weighted by atomic mass is 19.4. The van der Waals surface area contributed by atoms with Crippen LogP contribution in [0.4, 0.5) is 13.2 Å². The van der Waals surface area contributed by atoms with Gasteiger partial charge in [-0.15, -0.1) is 0 Å². The number of methoxy groups -OCH3 is 1. The molecule has 1 aromatic rings. The van der Waals surface area contributed by atoms with Gasteiger partial charge in [-0.25, -0.2) is 0 Å². The molecule has 1 saturated carbocycles. The van der Waals surface area contributed by atoms with Crippen molar-refractivity contribution in [3.8, 4) is 0 Å². The summed E-state index contributed by atoms with van der Waals surface area (Å²) in [6, 6.07) is 4.90. The Morgan fingerprint density at radius 2 is 2.05 bits per heavy atom. The maximum atomic E-state index is 12.7. The first-order valence-electron chi connectivity index (χ1n) is 6.31. The summed E-state index contributed by atoms with van der Waals surface area (Å²) in [5.74, 6) is 0. The lowest BCUT2D eigenvalue weighted by Crippen LogP contribution is -2.43. The first-order chi connectivity index (χ1) is 8.88. The van der Waals surface area contributed by atoms with Crippen molar-refractivity contribution in [3.05, 3.63) is 35.4 Å². The lowest BCUT2D eigenvalue weighted by Gasteiger charge is -2.39. The van der Waals surface area contributed by atoms with Gasteiger partial charge in [-0.3, -0.25) is 0 Å². The van der Waals surface area contributed by atoms with E-state index in [-0.39, 0.29) is 5.56 Å². The Labute approximate surface area is 110 Å². The van der Waals surface area contributed by atoms with Gasteiger partial charge in [0.1, 0.15) is 5.60 Å². The van der Waals surface area contributed by atoms with Crippen molar-refractivity contribution in [1.29, 1.82) is 0 Å². The van der Waals surface area contributed by atoms with E-state index in [9.17, 15) is 18.3 Å². The number of ether oxygens (including phenoxy) is 1. The fourth-order valence-corrected chi connectivity index (χ4v) is 2.73. The van der Waals surface area contributed by atoms with Crippen LogP contribution in [0.1, 0.15) is 36.8 Å². The molecule has 0 saturated heterocycles. The first kappa shape index (κ1) is 14.3. The van der Waals surface area contributed by atoms with E-state index in [0.29, 0.717) is 12.8 Å². The van der Waals surface area contributed by atoms with Crippen LogP contribution in [-0.4, -0.2) is 18.3 Å². The monoisotopic (exact) mass is 274 g/mol. The number of alkyl halides is 3. The predicted molar refractivity (Wildman–Crippen MR) is 64.6 cm³/mol. The molecule has 0 aromatic heterocycles. The Bertz CT molecular complexity index is 445. The van der Waals surface area contributed by atoms with Crippen LogP contribution in [0.5, 0.6) is 0 Å². The van der Waals surface area contributed by atoms with Crippen molar-refractivity contribution in [1.82, 2.24) is 0 Å². The van der Waals surface area contributed by atoms with Gasteiger partial charge in [-0.2, -0.15) is 13.2 Å². The molecule has 106 valence electrons. The average molecular weight is 274 g/mol. The van der Waals surface area contributed by atoms with Crippen LogP contribution in [0.15, 0.2) is 24.3 Å². The topological polar surface area (TPSA) is 29.5 Å². The van der Waals surface area contributed by atoms with E-state index in [1.54, 1.807) is 0 Å². The molecule has 0 aliphatic heterocycles. The van der Waals surface area contributed by atoms with Crippen LogP contribution >= 0.6 is 0 Å². The molecule has 5 heteroatoms. The van der Waals surface area contributed by atoms with Gasteiger partial charge in [0.2, 0.25) is 0 Å². The lowest BCUT2D eigenvalue weighted by atomic mass is 9.77. The highest BCUT2D eigenvalue weighted by molar-refractivity contribution is 5.31. The zero-order chi connectivity index (χ0) is 14.1. The van der Waals surface area contributed by atoms with E-state index in [2.05, 4.69) is 0 Å². The Morgan fingerprint density at radius 3 is 2.68 bits per heavy atom. The molecule has 0 heterocycles. The minimum absolute atomic E-state index is 0.286. The second kappa shape index (κ2) is 5.13. The van der Waals surface area contributed by atoms with E-state index in [0.717, 1.165) is 25.0 Å². The summed E-state index contributed by atoms with van der Waals surface area (Å²) in [6.45, 7) is 0. The minimum atomic E-state index is -4.40. The lowest BCUT2D eigenvalue weighted by molar-refractivity contribution is -0.139. The summed E-state index contributed by atoms with van der Waals surface area (Å²) in [4.78, 5) is 0. The van der Waals surface area contributed by atoms with Crippen molar-refractivity contribution in [2.24, 2.45) is 0 Å². The third-order valence-corrected chi connectivity index (χ3v) is 3.78. The number of aliphatic hydroxyl groups is 1. The van der Waals surface area contributed by atoms with Crippen molar-refractivity contribution in [3.63, 3.8) is 0 Å². The SMILES string of the molecule is COC1CCCCC1(O)c1cccc(C(F)(F)F)c1. The predicted octanol–water partition coefficient (Wildman–Crippen LogP) is 3.48. The van der Waals surface area contributed by atoms with Gasteiger partial charge in [0, 0.05) is 7.11 Å². The number of benzene rings is 1. The number of rotatable bonds is 2. The summed E-state index contributed by atoms with van der Waals surface area (Å²) in [5, 5.41) is 10.7. The molecule has 2 unspecified atom stereocenters. The molecular formula is C14H17F3O2. The molecule has 1 aliphatic carbocycles. The fraction of sp³-hybridized carbons (Fsp3) is 0.571. The van der Waals surface area contributed by atoms with Gasteiger partial charge in [0.05, 0.1) is 11.7 Å². The van der Waals surface area contributed by atoms with Gasteiger partial charge in [0.15, 0.2) is 0 Å². The third-order valence-electron chi connectivity index (χ3n) is 3.78. The number of hydrogen-bond acceptors (Lipinski definition) is 2. The molecule has 2 rings (SSSR count). The Morgan fingerprint density at radius 1 is 1.32 bits per heavy atom. The number of hydrogen-bond donors (Lipinski definition) is 1. The molecule has 1 aromatic carbocycles. The molecule has 0 spiro atoms. The maximum absolute atomic E-state index is 12.7. The van der Waals surface area contributed by atoms with Crippen molar-refractivity contribution in [2.75, 3.05) is 7.11 Å². The van der Waals surface area contributed by atoms with Gasteiger partial charge in [0.25, 0.3) is 0 Å². The van der Waals surface area contributed by atoms with Gasteiger partial charge in [-0.05, 0) is 30.5 Å². The summed E-state index contributed by atoms with van der Waals surface area (Å²) in [6.07, 6.45) is -2.07. The standard InChI is InChI=1S/C14H17F3O2/c1-19-12-7-2-3-8-13(12,18)10-5-4-6-11(9-10)14(15,16)17/h4-6,9,12,18H,2-3,7-8H2,1H3. The second-order valence-corrected chi connectivity index (χ2v) is 4.97. The fourth-order valence-electron chi connectivity index (χ4n) is 2.73. The molecule has 19 heavy (non-hydrogen) atoms. The quantitative estimate of drug-likeness (QED) is 0.894. The molecule has 1 aliphatic rings. The Kier molecular flexibility index (Phi) is 3.87. The molecule has 2 atom stereocenters. The largest absolute Gasteiger partial charge is 0.416 e. The van der Waals surface area contributed by atoms with E-state index in [1.807, 2.05) is 0 Å². The van der Waals surface area contributed by atoms with E-state index in [1.165, 1.54) is 19.2 Å². The zero-order valence-corrected chi connectivity index (χ0v) is 10.7. The molecule has 2 nitrogen and oxygen atoms in total. The van der Waals surface area contributed by atoms with E-state index in [4.69, 9.17) is 4.74 Å². The highest BCUT2D eigenvalue weighted by Gasteiger charge is 2.42. The van der Waals surface area contributed by atoms with Crippen LogP contribution in [0.3, 0.4) is 0 Å². The summed E-state index contributed by atoms with van der Waals surface area (Å²) in [7, 11) is 1.48. The van der Waals surface area contributed by atoms with Crippen LogP contribution in [0.2, 0.25) is 0 Å². The zero-order valence-electron chi connectivity index (χ0n) is 10.7. The van der Waals surface area contributed by atoms with Crippen LogP contribution < -0.4 is 0 Å². The Hall–Kier alpha value is -1.07. The summed E-state index contributed by atoms with van der Waals surface area (Å²) in [5.41, 5.74) is -1.78. The van der Waals surface area contributed by atoms with Crippen molar-refractivity contribution >= 4 is 0 Å². The maximum Gasteiger partial charge on any atom is 0.416 e. The molecule has 0 bridgehead atoms. The van der Waals surface area contributed by atoms with Crippen molar-refractivity contribution in [2.45, 2.75) is 43.6 Å². The first-order valence-corrected chi connectivity index (χ1v) is 6.31. The van der Waals surface area contributed by atoms with Gasteiger partial charge >= 0.3 is 6.18 Å². The Balaban J connectivity index is 2.39. The second-order valence-electron chi connectivity index (χ2n) is 4.97. The molecule has 1 fully saturated rings. The van der Waals surface area contributed by atoms with Crippen LogP contribution in [0, 0.1) is 0 Å². The molecule has 0 amide bonds. The molecule has 0 radical (unpaired) electrons. The smallest absolute Gasteiger partial charge is 0.382 e. The van der Waals surface area contributed by atoms with E-state index < -0.39 is 23.4 Å². The molecule has 1 N–H and O–H groups in total. The van der Waals surface area contributed by atoms with E-state index >= 15 is 0 Å². The van der Waals surface area contributed by atoms with Gasteiger partial charge < -0.3 is 9.84 Å². The third kappa shape index (κ3) is 2.77. The summed E-state index contributed by atoms with van der Waals surface area (Å²) >= 11 is 0. The number of halogens is 3. The minimum Gasteiger partial charge on any atom is -0.382 e.